The van der Waals surface area contributed by atoms with E-state index in [9.17, 15) is 14.4 Å². The van der Waals surface area contributed by atoms with Gasteiger partial charge in [0.1, 0.15) is 11.9 Å². The smallest absolute Gasteiger partial charge is 0.439 e. The molecule has 264 valence electrons. The number of anilines is 1. The lowest BCUT2D eigenvalue weighted by Gasteiger charge is -2.41. The highest BCUT2D eigenvalue weighted by molar-refractivity contribution is 5.99. The molecule has 2 aliphatic rings. The third-order valence-corrected chi connectivity index (χ3v) is 9.04. The molecular weight excluding hydrogens is 650 g/mol. The average Bonchev–Trinajstić information content (AvgIpc) is 3.79. The van der Waals surface area contributed by atoms with Crippen LogP contribution in [0.4, 0.5) is 10.5 Å². The minimum Gasteiger partial charge on any atom is -0.444 e. The minimum absolute atomic E-state index is 0.220. The number of carbonyl (C=O) groups is 2. The third-order valence-electron chi connectivity index (χ3n) is 9.04. The quantitative estimate of drug-likeness (QED) is 0.249. The molecule has 0 radical (unpaired) electrons. The van der Waals surface area contributed by atoms with Gasteiger partial charge in [-0.25, -0.2) is 14.6 Å². The topological polar surface area (TPSA) is 139 Å². The average molecular weight is 692 g/mol. The van der Waals surface area contributed by atoms with Gasteiger partial charge in [0.25, 0.3) is 5.91 Å². The lowest BCUT2D eigenvalue weighted by Crippen LogP contribution is -2.58. The van der Waals surface area contributed by atoms with Crippen LogP contribution in [0.1, 0.15) is 36.8 Å². The molecule has 0 aliphatic carbocycles. The van der Waals surface area contributed by atoms with Crippen LogP contribution in [0.15, 0.2) is 94.5 Å². The molecule has 0 saturated carbocycles. The maximum absolute atomic E-state index is 14.7. The van der Waals surface area contributed by atoms with E-state index in [2.05, 4.69) is 31.7 Å². The van der Waals surface area contributed by atoms with Crippen LogP contribution in [0, 0.1) is 0 Å². The van der Waals surface area contributed by atoms with Crippen molar-refractivity contribution in [2.75, 3.05) is 50.8 Å². The normalized spacial score (nSPS) is 16.7. The van der Waals surface area contributed by atoms with Crippen LogP contribution in [0.2, 0.25) is 0 Å². The van der Waals surface area contributed by atoms with Crippen molar-refractivity contribution in [2.45, 2.75) is 38.8 Å². The Morgan fingerprint density at radius 1 is 0.902 bits per heavy atom. The Bertz CT molecular complexity index is 2040. The first-order valence-corrected chi connectivity index (χ1v) is 17.1. The van der Waals surface area contributed by atoms with Gasteiger partial charge in [-0.3, -0.25) is 18.9 Å². The van der Waals surface area contributed by atoms with Crippen molar-refractivity contribution >= 4 is 17.7 Å². The molecular formula is C38H41N7O6. The first kappa shape index (κ1) is 33.8. The molecule has 0 spiro atoms. The van der Waals surface area contributed by atoms with Crippen molar-refractivity contribution in [3.63, 3.8) is 0 Å². The lowest BCUT2D eigenvalue weighted by molar-refractivity contribution is 0.00429. The van der Waals surface area contributed by atoms with Crippen LogP contribution >= 0.6 is 0 Å². The Labute approximate surface area is 295 Å². The molecule has 1 N–H and O–H groups in total. The van der Waals surface area contributed by atoms with Crippen molar-refractivity contribution in [3.05, 3.63) is 107 Å². The summed E-state index contributed by atoms with van der Waals surface area (Å²) >= 11 is 0. The molecule has 1 atom stereocenters. The van der Waals surface area contributed by atoms with Gasteiger partial charge in [-0.15, -0.1) is 0 Å². The van der Waals surface area contributed by atoms with E-state index in [1.807, 2.05) is 97.0 Å². The molecule has 3 aromatic carbocycles. The number of nitrogens with one attached hydrogen (secondary N) is 1. The van der Waals surface area contributed by atoms with E-state index in [0.717, 1.165) is 35.6 Å². The summed E-state index contributed by atoms with van der Waals surface area (Å²) in [6.45, 7) is 9.38. The van der Waals surface area contributed by atoms with Gasteiger partial charge in [0, 0.05) is 55.2 Å². The van der Waals surface area contributed by atoms with Crippen LogP contribution in [-0.2, 0) is 15.9 Å². The van der Waals surface area contributed by atoms with Crippen molar-refractivity contribution < 1.29 is 23.6 Å². The summed E-state index contributed by atoms with van der Waals surface area (Å²) in [5, 5.41) is 3.77. The maximum Gasteiger partial charge on any atom is 0.439 e. The highest BCUT2D eigenvalue weighted by atomic mass is 16.6. The van der Waals surface area contributed by atoms with Crippen molar-refractivity contribution in [1.29, 1.82) is 0 Å². The summed E-state index contributed by atoms with van der Waals surface area (Å²) in [4.78, 5) is 52.6. The van der Waals surface area contributed by atoms with Gasteiger partial charge in [0.15, 0.2) is 11.5 Å². The largest absolute Gasteiger partial charge is 0.444 e. The zero-order chi connectivity index (χ0) is 35.5. The SMILES string of the molecule is CC(C)(C)OC(=O)N1CCN(C(=O)c2ncn(-c3cccc(N4CCOCC4)c3)c2-c2ccccc2)[C@H](Cc2ccc(-c3noc(=O)[nH]3)cc2)C1. The van der Waals surface area contributed by atoms with Gasteiger partial charge >= 0.3 is 11.8 Å². The van der Waals surface area contributed by atoms with E-state index in [-0.39, 0.29) is 18.5 Å². The number of hydrogen-bond donors (Lipinski definition) is 1. The number of benzene rings is 3. The van der Waals surface area contributed by atoms with Crippen molar-refractivity contribution in [2.24, 2.45) is 0 Å². The van der Waals surface area contributed by atoms with Crippen LogP contribution in [0.25, 0.3) is 28.3 Å². The number of piperazine rings is 1. The highest BCUT2D eigenvalue weighted by Gasteiger charge is 2.37. The Hall–Kier alpha value is -5.69. The molecule has 5 aromatic rings. The molecule has 51 heavy (non-hydrogen) atoms. The van der Waals surface area contributed by atoms with Gasteiger partial charge in [-0.05, 0) is 51.0 Å². The number of rotatable bonds is 7. The second-order valence-electron chi connectivity index (χ2n) is 13.7. The number of amides is 2. The molecule has 4 heterocycles. The number of aromatic amines is 1. The fourth-order valence-corrected chi connectivity index (χ4v) is 6.58. The predicted octanol–water partition coefficient (Wildman–Crippen LogP) is 5.02. The van der Waals surface area contributed by atoms with E-state index in [1.54, 1.807) is 11.2 Å². The minimum atomic E-state index is -0.659. The zero-order valence-corrected chi connectivity index (χ0v) is 28.9. The molecule has 2 fully saturated rings. The zero-order valence-electron chi connectivity index (χ0n) is 28.9. The van der Waals surface area contributed by atoms with E-state index in [4.69, 9.17) is 14.5 Å². The van der Waals surface area contributed by atoms with Crippen LogP contribution in [-0.4, -0.2) is 99.1 Å². The fourth-order valence-electron chi connectivity index (χ4n) is 6.58. The Balaban J connectivity index is 1.22. The maximum atomic E-state index is 14.7. The fraction of sp³-hybridized carbons (Fsp3) is 0.342. The Morgan fingerprint density at radius 3 is 2.35 bits per heavy atom. The monoisotopic (exact) mass is 691 g/mol. The van der Waals surface area contributed by atoms with Gasteiger partial charge in [0.2, 0.25) is 0 Å². The van der Waals surface area contributed by atoms with Crippen LogP contribution < -0.4 is 10.7 Å². The molecule has 2 saturated heterocycles. The molecule has 7 rings (SSSR count). The van der Waals surface area contributed by atoms with Crippen LogP contribution in [0.5, 0.6) is 0 Å². The molecule has 13 nitrogen and oxygen atoms in total. The summed E-state index contributed by atoms with van der Waals surface area (Å²) in [7, 11) is 0. The van der Waals surface area contributed by atoms with E-state index >= 15 is 0 Å². The molecule has 13 heteroatoms. The number of hydrogen-bond acceptors (Lipinski definition) is 9. The Kier molecular flexibility index (Phi) is 9.46. The number of H-pyrrole nitrogens is 1. The van der Waals surface area contributed by atoms with E-state index < -0.39 is 17.5 Å². The molecule has 2 aliphatic heterocycles. The molecule has 0 bridgehead atoms. The second kappa shape index (κ2) is 14.3. The third kappa shape index (κ3) is 7.58. The number of morpholine rings is 1. The van der Waals surface area contributed by atoms with Crippen LogP contribution in [0.3, 0.4) is 0 Å². The Morgan fingerprint density at radius 2 is 1.65 bits per heavy atom. The summed E-state index contributed by atoms with van der Waals surface area (Å²) in [6, 6.07) is 25.2. The predicted molar refractivity (Wildman–Crippen MR) is 191 cm³/mol. The molecule has 2 aromatic heterocycles. The van der Waals surface area contributed by atoms with Crippen molar-refractivity contribution in [3.8, 4) is 28.3 Å². The van der Waals surface area contributed by atoms with Gasteiger partial charge < -0.3 is 24.2 Å². The summed E-state index contributed by atoms with van der Waals surface area (Å²) in [6.07, 6.45) is 1.76. The van der Waals surface area contributed by atoms with Gasteiger partial charge in [0.05, 0.1) is 24.9 Å². The van der Waals surface area contributed by atoms with Gasteiger partial charge in [-0.1, -0.05) is 65.8 Å². The van der Waals surface area contributed by atoms with E-state index in [0.29, 0.717) is 55.5 Å². The number of nitrogens with zero attached hydrogens (tertiary/aromatic N) is 6. The number of ether oxygens (including phenoxy) is 2. The van der Waals surface area contributed by atoms with Gasteiger partial charge in [-0.2, -0.15) is 0 Å². The lowest BCUT2D eigenvalue weighted by atomic mass is 9.99. The summed E-state index contributed by atoms with van der Waals surface area (Å²) in [5.74, 6) is -0.519. The number of aromatic nitrogens is 4. The molecule has 0 unspecified atom stereocenters. The van der Waals surface area contributed by atoms with E-state index in [1.165, 1.54) is 0 Å². The summed E-state index contributed by atoms with van der Waals surface area (Å²) < 4.78 is 17.9. The second-order valence-corrected chi connectivity index (χ2v) is 13.7. The molecule has 2 amide bonds. The highest BCUT2D eigenvalue weighted by Crippen LogP contribution is 2.31. The first-order chi connectivity index (χ1) is 24.6. The number of imidazole rings is 1. The number of carbonyl (C=O) groups excluding carboxylic acids is 2. The standard InChI is InChI=1S/C38H41N7O6/c1-38(2,3)50-37(48)43-16-17-44(31(24-43)22-26-12-14-28(15-13-26)34-40-36(47)51-41-34)35(46)32-33(27-8-5-4-6-9-27)45(25-39-32)30-11-7-10-29(23-30)42-18-20-49-21-19-42/h4-15,23,25,31H,16-22,24H2,1-3H3,(H,40,41,47)/t31-/m1/s1. The van der Waals surface area contributed by atoms with Crippen molar-refractivity contribution in [1.82, 2.24) is 29.5 Å². The first-order valence-electron chi connectivity index (χ1n) is 17.1. The summed E-state index contributed by atoms with van der Waals surface area (Å²) in [5.41, 5.74) is 4.83.